The molecule has 2 aromatic heterocycles. The molecule has 0 radical (unpaired) electrons. The summed E-state index contributed by atoms with van der Waals surface area (Å²) in [5.74, 6) is 1.28. The first-order chi connectivity index (χ1) is 19.4. The molecule has 1 aliphatic carbocycles. The lowest BCUT2D eigenvalue weighted by molar-refractivity contribution is -0.123. The van der Waals surface area contributed by atoms with Crippen molar-refractivity contribution in [3.05, 3.63) is 87.9 Å². The van der Waals surface area contributed by atoms with E-state index in [-0.39, 0.29) is 23.8 Å². The van der Waals surface area contributed by atoms with Gasteiger partial charge in [-0.15, -0.1) is 11.3 Å². The summed E-state index contributed by atoms with van der Waals surface area (Å²) in [6.07, 6.45) is 4.31. The molecule has 0 saturated heterocycles. The molecule has 1 fully saturated rings. The minimum atomic E-state index is -0.586. The molecule has 7 heteroatoms. The maximum absolute atomic E-state index is 13.4. The zero-order chi connectivity index (χ0) is 28.2. The van der Waals surface area contributed by atoms with Crippen molar-refractivity contribution in [2.75, 3.05) is 0 Å². The van der Waals surface area contributed by atoms with Crippen LogP contribution < -0.4 is 10.6 Å². The lowest BCUT2D eigenvalue weighted by Gasteiger charge is -2.21. The molecule has 40 heavy (non-hydrogen) atoms. The van der Waals surface area contributed by atoms with Crippen LogP contribution in [0.3, 0.4) is 0 Å². The highest BCUT2D eigenvalue weighted by Crippen LogP contribution is 2.40. The number of nitrogens with one attached hydrogen (secondary N) is 2. The predicted molar refractivity (Wildman–Crippen MR) is 163 cm³/mol. The van der Waals surface area contributed by atoms with Gasteiger partial charge in [-0.2, -0.15) is 0 Å². The van der Waals surface area contributed by atoms with E-state index in [0.717, 1.165) is 42.5 Å². The second-order valence-electron chi connectivity index (χ2n) is 11.4. The molecule has 2 heterocycles. The van der Waals surface area contributed by atoms with E-state index in [1.807, 2.05) is 36.4 Å². The Labute approximate surface area is 241 Å². The Morgan fingerprint density at radius 1 is 1.05 bits per heavy atom. The highest BCUT2D eigenvalue weighted by Gasteiger charge is 2.40. The number of amides is 2. The van der Waals surface area contributed by atoms with Crippen molar-refractivity contribution in [1.29, 1.82) is 0 Å². The van der Waals surface area contributed by atoms with Crippen LogP contribution >= 0.6 is 11.3 Å². The Hall–Kier alpha value is -3.45. The van der Waals surface area contributed by atoms with Gasteiger partial charge in [-0.25, -0.2) is 4.98 Å². The van der Waals surface area contributed by atoms with Gasteiger partial charge in [0, 0.05) is 34.9 Å². The van der Waals surface area contributed by atoms with Crippen LogP contribution in [-0.4, -0.2) is 33.4 Å². The largest absolute Gasteiger partial charge is 0.351 e. The molecule has 2 amide bonds. The van der Waals surface area contributed by atoms with E-state index in [1.54, 1.807) is 11.3 Å². The SMILES string of the molecule is CCC(CC)n1c(Cc2cccs2)nc2cc(C(=O)NC(CC(C)C)C(=O)N[C@H]3C[C@@H]3c3ccccc3)ccc21. The summed E-state index contributed by atoms with van der Waals surface area (Å²) in [5.41, 5.74) is 3.64. The summed E-state index contributed by atoms with van der Waals surface area (Å²) in [6, 6.07) is 20.1. The van der Waals surface area contributed by atoms with Crippen LogP contribution in [0.2, 0.25) is 0 Å². The molecule has 1 unspecified atom stereocenters. The molecule has 0 bridgehead atoms. The van der Waals surface area contributed by atoms with Crippen molar-refractivity contribution in [3.63, 3.8) is 0 Å². The Bertz CT molecular complexity index is 1440. The number of carbonyl (C=O) groups is 2. The molecule has 2 N–H and O–H groups in total. The van der Waals surface area contributed by atoms with Gasteiger partial charge in [0.15, 0.2) is 0 Å². The third-order valence-electron chi connectivity index (χ3n) is 7.92. The summed E-state index contributed by atoms with van der Waals surface area (Å²) in [6.45, 7) is 8.56. The molecule has 210 valence electrons. The first-order valence-electron chi connectivity index (χ1n) is 14.6. The summed E-state index contributed by atoms with van der Waals surface area (Å²) >= 11 is 1.74. The average molecular weight is 557 g/mol. The standard InChI is InChI=1S/C33H40N4O2S/c1-5-24(6-2)37-30-15-14-23(18-28(30)34-31(37)19-25-13-10-16-40-25)32(38)36-29(17-21(3)4)33(39)35-27-20-26(27)22-11-8-7-9-12-22/h7-16,18,21,24,26-27,29H,5-6,17,19-20H2,1-4H3,(H,35,39)(H,36,38)/t26-,27+,29?/m1/s1. The van der Waals surface area contributed by atoms with Gasteiger partial charge in [0.05, 0.1) is 11.0 Å². The number of carbonyl (C=O) groups excluding carboxylic acids is 2. The first-order valence-corrected chi connectivity index (χ1v) is 15.4. The molecule has 5 rings (SSSR count). The number of imidazole rings is 1. The fourth-order valence-electron chi connectivity index (χ4n) is 5.70. The summed E-state index contributed by atoms with van der Waals surface area (Å²) in [4.78, 5) is 33.0. The molecule has 6 nitrogen and oxygen atoms in total. The van der Waals surface area contributed by atoms with Gasteiger partial charge in [0.1, 0.15) is 11.9 Å². The number of fused-ring (bicyclic) bond motifs is 1. The minimum Gasteiger partial charge on any atom is -0.351 e. The highest BCUT2D eigenvalue weighted by molar-refractivity contribution is 7.09. The van der Waals surface area contributed by atoms with Crippen LogP contribution in [0.25, 0.3) is 11.0 Å². The zero-order valence-electron chi connectivity index (χ0n) is 23.9. The number of rotatable bonds is 12. The minimum absolute atomic E-state index is 0.109. The number of hydrogen-bond acceptors (Lipinski definition) is 4. The zero-order valence-corrected chi connectivity index (χ0v) is 24.7. The molecule has 1 saturated carbocycles. The van der Waals surface area contributed by atoms with Crippen LogP contribution in [0.4, 0.5) is 0 Å². The molecular formula is C33H40N4O2S. The van der Waals surface area contributed by atoms with E-state index in [2.05, 4.69) is 72.5 Å². The molecule has 3 atom stereocenters. The van der Waals surface area contributed by atoms with Gasteiger partial charge in [-0.05, 0) is 66.8 Å². The van der Waals surface area contributed by atoms with Gasteiger partial charge in [0.2, 0.25) is 5.91 Å². The van der Waals surface area contributed by atoms with Gasteiger partial charge in [-0.3, -0.25) is 9.59 Å². The highest BCUT2D eigenvalue weighted by atomic mass is 32.1. The van der Waals surface area contributed by atoms with Crippen molar-refractivity contribution in [2.45, 2.75) is 83.8 Å². The summed E-state index contributed by atoms with van der Waals surface area (Å²) in [7, 11) is 0. The van der Waals surface area contributed by atoms with Crippen LogP contribution in [0.15, 0.2) is 66.0 Å². The Morgan fingerprint density at radius 2 is 1.82 bits per heavy atom. The van der Waals surface area contributed by atoms with E-state index >= 15 is 0 Å². The van der Waals surface area contributed by atoms with Crippen molar-refractivity contribution < 1.29 is 9.59 Å². The lowest BCUT2D eigenvalue weighted by atomic mass is 10.0. The van der Waals surface area contributed by atoms with Gasteiger partial charge >= 0.3 is 0 Å². The molecule has 1 aliphatic rings. The van der Waals surface area contributed by atoms with E-state index in [9.17, 15) is 9.59 Å². The Kier molecular flexibility index (Phi) is 8.69. The maximum atomic E-state index is 13.4. The normalized spacial score (nSPS) is 17.4. The third-order valence-corrected chi connectivity index (χ3v) is 8.80. The van der Waals surface area contributed by atoms with Crippen molar-refractivity contribution >= 4 is 34.2 Å². The quantitative estimate of drug-likeness (QED) is 0.200. The first kappa shape index (κ1) is 28.1. The molecular weight excluding hydrogens is 516 g/mol. The number of nitrogens with zero attached hydrogens (tertiary/aromatic N) is 2. The average Bonchev–Trinajstić information content (AvgIpc) is 3.34. The third kappa shape index (κ3) is 6.30. The van der Waals surface area contributed by atoms with Crippen LogP contribution in [0, 0.1) is 5.92 Å². The molecule has 0 aliphatic heterocycles. The van der Waals surface area contributed by atoms with Crippen molar-refractivity contribution in [1.82, 2.24) is 20.2 Å². The number of hydrogen-bond donors (Lipinski definition) is 2. The fraction of sp³-hybridized carbons (Fsp3) is 0.424. The van der Waals surface area contributed by atoms with Crippen LogP contribution in [-0.2, 0) is 11.2 Å². The number of benzene rings is 2. The second-order valence-corrected chi connectivity index (χ2v) is 12.4. The molecule has 0 spiro atoms. The molecule has 4 aromatic rings. The Balaban J connectivity index is 1.34. The topological polar surface area (TPSA) is 76.0 Å². The van der Waals surface area contributed by atoms with Crippen molar-refractivity contribution in [3.8, 4) is 0 Å². The van der Waals surface area contributed by atoms with E-state index in [4.69, 9.17) is 4.98 Å². The number of aromatic nitrogens is 2. The van der Waals surface area contributed by atoms with Gasteiger partial charge < -0.3 is 15.2 Å². The fourth-order valence-corrected chi connectivity index (χ4v) is 6.40. The predicted octanol–water partition coefficient (Wildman–Crippen LogP) is 6.87. The van der Waals surface area contributed by atoms with Gasteiger partial charge in [0.25, 0.3) is 5.91 Å². The smallest absolute Gasteiger partial charge is 0.252 e. The summed E-state index contributed by atoms with van der Waals surface area (Å²) in [5, 5.41) is 8.31. The van der Waals surface area contributed by atoms with Gasteiger partial charge in [-0.1, -0.05) is 64.1 Å². The van der Waals surface area contributed by atoms with Crippen LogP contribution in [0.1, 0.15) is 92.0 Å². The van der Waals surface area contributed by atoms with E-state index in [0.29, 0.717) is 23.9 Å². The number of thiophene rings is 1. The van der Waals surface area contributed by atoms with Crippen molar-refractivity contribution in [2.24, 2.45) is 5.92 Å². The maximum Gasteiger partial charge on any atom is 0.252 e. The van der Waals surface area contributed by atoms with Crippen LogP contribution in [0.5, 0.6) is 0 Å². The Morgan fingerprint density at radius 3 is 2.50 bits per heavy atom. The summed E-state index contributed by atoms with van der Waals surface area (Å²) < 4.78 is 2.35. The lowest BCUT2D eigenvalue weighted by Crippen LogP contribution is -2.48. The van der Waals surface area contributed by atoms with E-state index < -0.39 is 6.04 Å². The second kappa shape index (κ2) is 12.4. The monoisotopic (exact) mass is 556 g/mol. The van der Waals surface area contributed by atoms with E-state index in [1.165, 1.54) is 10.4 Å². The molecule has 2 aromatic carbocycles.